The zero-order chi connectivity index (χ0) is 26.8. The van der Waals surface area contributed by atoms with Crippen LogP contribution in [0.1, 0.15) is 39.3 Å². The lowest BCUT2D eigenvalue weighted by Gasteiger charge is -2.31. The average Bonchev–Trinajstić information content (AvgIpc) is 2.89. The predicted octanol–water partition coefficient (Wildman–Crippen LogP) is 5.80. The molecule has 0 aliphatic carbocycles. The number of terminal acetylenes is 1. The van der Waals surface area contributed by atoms with E-state index < -0.39 is 17.7 Å². The smallest absolute Gasteiger partial charge is 0.233 e. The second-order valence-corrected chi connectivity index (χ2v) is 8.71. The Morgan fingerprint density at radius 1 is 1.19 bits per heavy atom. The van der Waals surface area contributed by atoms with Gasteiger partial charge in [-0.2, -0.15) is 0 Å². The third-order valence-corrected chi connectivity index (χ3v) is 6.34. The first-order valence-corrected chi connectivity index (χ1v) is 12.1. The Balaban J connectivity index is 0.00000109. The highest BCUT2D eigenvalue weighted by atomic mass is 32.2. The number of ether oxygens (including phenoxy) is 1. The highest BCUT2D eigenvalue weighted by molar-refractivity contribution is 8.14. The summed E-state index contributed by atoms with van der Waals surface area (Å²) >= 11 is 1.42. The Morgan fingerprint density at radius 2 is 1.92 bits per heavy atom. The van der Waals surface area contributed by atoms with E-state index in [1.54, 1.807) is 6.07 Å². The molecule has 4 rings (SSSR count). The Morgan fingerprint density at radius 3 is 2.61 bits per heavy atom. The van der Waals surface area contributed by atoms with Gasteiger partial charge in [-0.1, -0.05) is 45.4 Å². The predicted molar refractivity (Wildman–Crippen MR) is 140 cm³/mol. The number of anilines is 2. The van der Waals surface area contributed by atoms with Crippen molar-refractivity contribution in [1.82, 2.24) is 15.0 Å². The molecule has 3 N–H and O–H groups in total. The minimum Gasteiger partial charge on any atom is -0.463 e. The second-order valence-electron chi connectivity index (χ2n) is 7.31. The van der Waals surface area contributed by atoms with E-state index in [2.05, 4.69) is 31.2 Å². The van der Waals surface area contributed by atoms with Crippen molar-refractivity contribution in [2.45, 2.75) is 39.0 Å². The molecule has 1 aliphatic heterocycles. The molecule has 0 bridgehead atoms. The number of nitrogens with zero attached hydrogens (tertiary/aromatic N) is 4. The molecule has 0 fully saturated rings. The lowest BCUT2D eigenvalue weighted by molar-refractivity contribution is 0.355. The Hall–Kier alpha value is -3.52. The van der Waals surface area contributed by atoms with Crippen LogP contribution in [-0.2, 0) is 0 Å². The molecule has 3 heterocycles. The molecule has 36 heavy (non-hydrogen) atoms. The molecule has 3 atom stereocenters. The van der Waals surface area contributed by atoms with Crippen LogP contribution in [0.5, 0.6) is 5.88 Å². The maximum Gasteiger partial charge on any atom is 0.233 e. The molecule has 0 amide bonds. The van der Waals surface area contributed by atoms with Gasteiger partial charge in [0.05, 0.1) is 24.9 Å². The molecule has 7 nitrogen and oxygen atoms in total. The zero-order valence-corrected chi connectivity index (χ0v) is 21.5. The number of alkyl halides is 1. The van der Waals surface area contributed by atoms with Gasteiger partial charge in [-0.05, 0) is 18.1 Å². The van der Waals surface area contributed by atoms with Crippen LogP contribution in [0.15, 0.2) is 35.6 Å². The average molecular weight is 519 g/mol. The van der Waals surface area contributed by atoms with Crippen LogP contribution in [0.3, 0.4) is 0 Å². The van der Waals surface area contributed by atoms with Gasteiger partial charge in [-0.3, -0.25) is 9.38 Å². The number of nitrogens with one attached hydrogen (secondary N) is 1. The summed E-state index contributed by atoms with van der Waals surface area (Å²) < 4.78 is 44.1. The molecule has 1 aromatic carbocycles. The van der Waals surface area contributed by atoms with Gasteiger partial charge in [0.1, 0.15) is 5.52 Å². The first-order chi connectivity index (χ1) is 17.4. The molecule has 192 valence electrons. The van der Waals surface area contributed by atoms with Crippen molar-refractivity contribution in [3.63, 3.8) is 0 Å². The van der Waals surface area contributed by atoms with Gasteiger partial charge in [0.15, 0.2) is 29.2 Å². The standard InChI is InChI=1S/C22H20F2N6OS.C2H6.CH3F/c1-4-7-31-17-10-27-20-16(29-17)5-6-26-21(20)28-13-8-14(18(24)15(23)9-13)19-11(2)12(3)32-22(25)30-19;2*1-2/h1,5-6,8-12,19H,7H2,2-3H3,(H2,25,30)(H,26,28);1-2H3;1H3/t11-,12?,19?;;/m1../s1. The minimum atomic E-state index is -0.992. The number of fused-ring (bicyclic) bond motifs is 1. The third kappa shape index (κ3) is 6.57. The molecule has 11 heteroatoms. The van der Waals surface area contributed by atoms with E-state index >= 15 is 0 Å². The maximum atomic E-state index is 14.7. The SMILES string of the molecule is C#CCOc1cnc2c(Nc3cc(F)c(F)c(C4N=C(N)SC(C)[C@H]4C)c3)nccc2n1.CC.CF. The fraction of sp³-hybridized carbons (Fsp3) is 0.360. The number of aromatic nitrogens is 3. The Kier molecular flexibility index (Phi) is 10.8. The molecular formula is C25H29F3N6OS. The van der Waals surface area contributed by atoms with Gasteiger partial charge in [-0.15, -0.1) is 6.42 Å². The van der Waals surface area contributed by atoms with E-state index in [1.165, 1.54) is 30.2 Å². The summed E-state index contributed by atoms with van der Waals surface area (Å²) in [4.78, 5) is 17.3. The number of amidine groups is 1. The first-order valence-electron chi connectivity index (χ1n) is 11.2. The van der Waals surface area contributed by atoms with Gasteiger partial charge in [-0.25, -0.2) is 23.7 Å². The van der Waals surface area contributed by atoms with Gasteiger partial charge >= 0.3 is 0 Å². The highest BCUT2D eigenvalue weighted by Gasteiger charge is 2.32. The van der Waals surface area contributed by atoms with E-state index in [4.69, 9.17) is 16.9 Å². The summed E-state index contributed by atoms with van der Waals surface area (Å²) in [7, 11) is 0.500. The number of nitrogens with two attached hydrogens (primary N) is 1. The van der Waals surface area contributed by atoms with Gasteiger partial charge in [0.25, 0.3) is 0 Å². The summed E-state index contributed by atoms with van der Waals surface area (Å²) in [6, 6.07) is 3.65. The number of halogens is 3. The summed E-state index contributed by atoms with van der Waals surface area (Å²) in [6.45, 7) is 8.00. The minimum absolute atomic E-state index is 0.0422. The summed E-state index contributed by atoms with van der Waals surface area (Å²) in [5.74, 6) is 0.991. The van der Waals surface area contributed by atoms with Crippen LogP contribution in [0, 0.1) is 29.9 Å². The summed E-state index contributed by atoms with van der Waals surface area (Å²) in [5.41, 5.74) is 7.28. The van der Waals surface area contributed by atoms with Crippen LogP contribution in [-0.4, -0.2) is 39.2 Å². The fourth-order valence-electron chi connectivity index (χ4n) is 3.43. The Labute approximate surface area is 213 Å². The van der Waals surface area contributed by atoms with Crippen molar-refractivity contribution in [2.24, 2.45) is 16.6 Å². The largest absolute Gasteiger partial charge is 0.463 e. The molecule has 3 aromatic rings. The lowest BCUT2D eigenvalue weighted by Crippen LogP contribution is -2.29. The molecular weight excluding hydrogens is 489 g/mol. The molecule has 0 radical (unpaired) electrons. The monoisotopic (exact) mass is 518 g/mol. The normalized spacial score (nSPS) is 18.5. The van der Waals surface area contributed by atoms with Gasteiger partial charge in [0.2, 0.25) is 5.88 Å². The molecule has 2 unspecified atom stereocenters. The summed E-state index contributed by atoms with van der Waals surface area (Å²) in [5, 5.41) is 3.48. The van der Waals surface area contributed by atoms with Gasteiger partial charge in [0, 0.05) is 28.8 Å². The van der Waals surface area contributed by atoms with Crippen molar-refractivity contribution in [3.05, 3.63) is 47.8 Å². The zero-order valence-electron chi connectivity index (χ0n) is 20.7. The van der Waals surface area contributed by atoms with Crippen LogP contribution in [0.2, 0.25) is 0 Å². The quantitative estimate of drug-likeness (QED) is 0.412. The van der Waals surface area contributed by atoms with Crippen molar-refractivity contribution in [3.8, 4) is 18.2 Å². The van der Waals surface area contributed by atoms with E-state index in [1.807, 2.05) is 27.7 Å². The van der Waals surface area contributed by atoms with Crippen LogP contribution >= 0.6 is 11.8 Å². The first kappa shape index (κ1) is 28.7. The van der Waals surface area contributed by atoms with Crippen LogP contribution in [0.25, 0.3) is 11.0 Å². The van der Waals surface area contributed by atoms with Crippen molar-refractivity contribution < 1.29 is 17.9 Å². The Bertz CT molecular complexity index is 1250. The summed E-state index contributed by atoms with van der Waals surface area (Å²) in [6.07, 6.45) is 8.14. The maximum absolute atomic E-state index is 14.7. The van der Waals surface area contributed by atoms with Crippen molar-refractivity contribution in [1.29, 1.82) is 0 Å². The molecule has 0 saturated heterocycles. The van der Waals surface area contributed by atoms with E-state index in [9.17, 15) is 13.2 Å². The van der Waals surface area contributed by atoms with Crippen molar-refractivity contribution >= 4 is 39.5 Å². The topological polar surface area (TPSA) is 98.3 Å². The van der Waals surface area contributed by atoms with Gasteiger partial charge < -0.3 is 15.8 Å². The number of benzene rings is 1. The highest BCUT2D eigenvalue weighted by Crippen LogP contribution is 2.40. The van der Waals surface area contributed by atoms with E-state index in [-0.39, 0.29) is 29.2 Å². The number of rotatable bonds is 5. The fourth-order valence-corrected chi connectivity index (χ4v) is 4.35. The van der Waals surface area contributed by atoms with Crippen LogP contribution < -0.4 is 15.8 Å². The van der Waals surface area contributed by atoms with Crippen molar-refractivity contribution in [2.75, 3.05) is 19.1 Å². The molecule has 2 aromatic heterocycles. The number of thioether (sulfide) groups is 1. The van der Waals surface area contributed by atoms with Crippen LogP contribution in [0.4, 0.5) is 24.7 Å². The molecule has 1 aliphatic rings. The molecule has 0 saturated carbocycles. The number of hydrogen-bond acceptors (Lipinski definition) is 8. The van der Waals surface area contributed by atoms with E-state index in [0.29, 0.717) is 34.9 Å². The molecule has 0 spiro atoms. The lowest BCUT2D eigenvalue weighted by atomic mass is 9.91. The number of aliphatic imine (C=N–C) groups is 1. The second kappa shape index (κ2) is 13.5. The third-order valence-electron chi connectivity index (χ3n) is 5.19. The van der Waals surface area contributed by atoms with E-state index in [0.717, 1.165) is 6.07 Å². The number of pyridine rings is 1. The number of hydrogen-bond donors (Lipinski definition) is 2.